The zero-order chi connectivity index (χ0) is 20.8. The van der Waals surface area contributed by atoms with Gasteiger partial charge in [0.05, 0.1) is 5.69 Å². The summed E-state index contributed by atoms with van der Waals surface area (Å²) in [7, 11) is 0. The van der Waals surface area contributed by atoms with Gasteiger partial charge in [-0.25, -0.2) is 19.0 Å². The zero-order valence-corrected chi connectivity index (χ0v) is 17.9. The normalized spacial score (nSPS) is 15.8. The van der Waals surface area contributed by atoms with E-state index in [2.05, 4.69) is 20.4 Å². The summed E-state index contributed by atoms with van der Waals surface area (Å²) < 4.78 is 14.6. The molecule has 0 bridgehead atoms. The van der Waals surface area contributed by atoms with Crippen molar-refractivity contribution in [3.63, 3.8) is 0 Å². The van der Waals surface area contributed by atoms with Gasteiger partial charge in [0.15, 0.2) is 5.13 Å². The van der Waals surface area contributed by atoms with Gasteiger partial charge >= 0.3 is 17.1 Å². The largest absolute Gasteiger partial charge is 2.00 e. The Morgan fingerprint density at radius 3 is 2.19 bits per heavy atom. The van der Waals surface area contributed by atoms with Crippen LogP contribution in [0.25, 0.3) is 5.00 Å². The molecule has 0 spiro atoms. The number of carbonyl (C=O) groups excluding carboxylic acids is 1. The van der Waals surface area contributed by atoms with Gasteiger partial charge in [0.1, 0.15) is 23.5 Å². The van der Waals surface area contributed by atoms with Crippen LogP contribution in [0.4, 0.5) is 9.52 Å². The summed E-state index contributed by atoms with van der Waals surface area (Å²) in [6, 6.07) is 5.34. The number of halogens is 1. The zero-order valence-electron chi connectivity index (χ0n) is 16.0. The van der Waals surface area contributed by atoms with Crippen molar-refractivity contribution >= 4 is 22.4 Å². The topological polar surface area (TPSA) is 72.7 Å². The maximum Gasteiger partial charge on any atom is 2.00 e. The van der Waals surface area contributed by atoms with E-state index in [1.54, 1.807) is 11.0 Å². The minimum atomic E-state index is -0.391. The van der Waals surface area contributed by atoms with Gasteiger partial charge in [0.2, 0.25) is 0 Å². The minimum Gasteiger partial charge on any atom is -0.298 e. The van der Waals surface area contributed by atoms with E-state index >= 15 is 0 Å². The maximum atomic E-state index is 13.0. The molecule has 0 aliphatic heterocycles. The SMILES string of the molecule is O=C(Nc1nc([C]2[CH][CH][CH][CH]2)c(-n2cncn2)s1)c1ccc(F)cc1.[CH]1[CH][CH][CH][CH]1.[Fe+2]. The molecule has 31 heavy (non-hydrogen) atoms. The van der Waals surface area contributed by atoms with E-state index in [1.807, 2.05) is 57.8 Å². The minimum absolute atomic E-state index is 0. The summed E-state index contributed by atoms with van der Waals surface area (Å²) in [6.45, 7) is 0. The van der Waals surface area contributed by atoms with Gasteiger partial charge in [-0.1, -0.05) is 11.3 Å². The first kappa shape index (κ1) is 23.6. The van der Waals surface area contributed by atoms with Crippen LogP contribution in [0.15, 0.2) is 36.9 Å². The molecule has 2 saturated carbocycles. The van der Waals surface area contributed by atoms with E-state index in [-0.39, 0.29) is 23.0 Å². The Hall–Kier alpha value is -2.09. The van der Waals surface area contributed by atoms with Crippen molar-refractivity contribution in [1.29, 1.82) is 0 Å². The Balaban J connectivity index is 0.000000401. The second-order valence-corrected chi connectivity index (χ2v) is 7.09. The Morgan fingerprint density at radius 2 is 1.61 bits per heavy atom. The molecular weight excluding hydrogens is 457 g/mol. The molecule has 154 valence electrons. The molecule has 2 aromatic heterocycles. The molecule has 0 saturated heterocycles. The summed E-state index contributed by atoms with van der Waals surface area (Å²) >= 11 is 1.28. The van der Waals surface area contributed by atoms with E-state index in [0.717, 1.165) is 10.9 Å². The Morgan fingerprint density at radius 1 is 0.968 bits per heavy atom. The fourth-order valence-corrected chi connectivity index (χ4v) is 3.56. The van der Waals surface area contributed by atoms with Crippen LogP contribution in [-0.4, -0.2) is 25.7 Å². The van der Waals surface area contributed by atoms with Crippen LogP contribution < -0.4 is 5.32 Å². The summed E-state index contributed by atoms with van der Waals surface area (Å²) in [5.74, 6) is 0.176. The van der Waals surface area contributed by atoms with Crippen molar-refractivity contribution in [3.8, 4) is 5.00 Å². The first-order chi connectivity index (χ1) is 14.7. The number of benzene rings is 1. The number of carbonyl (C=O) groups is 1. The molecule has 0 unspecified atom stereocenters. The first-order valence-corrected chi connectivity index (χ1v) is 9.84. The molecule has 3 aromatic rings. The van der Waals surface area contributed by atoms with Gasteiger partial charge in [-0.15, -0.1) is 0 Å². The number of hydrogen-bond donors (Lipinski definition) is 1. The molecule has 6 nitrogen and oxygen atoms in total. The average Bonchev–Trinajstić information content (AvgIpc) is 3.57. The Bertz CT molecular complexity index is 943. The molecule has 1 N–H and O–H groups in total. The quantitative estimate of drug-likeness (QED) is 0.584. The van der Waals surface area contributed by atoms with Gasteiger partial charge in [-0.05, 0) is 82.1 Å². The van der Waals surface area contributed by atoms with Crippen LogP contribution in [0.5, 0.6) is 0 Å². The number of thiazole rings is 1. The third kappa shape index (κ3) is 6.21. The fourth-order valence-electron chi connectivity index (χ4n) is 2.65. The van der Waals surface area contributed by atoms with Gasteiger partial charge in [0.25, 0.3) is 5.91 Å². The monoisotopic (exact) mass is 473 g/mol. The molecule has 5 rings (SSSR count). The molecule has 9 heteroatoms. The van der Waals surface area contributed by atoms with Crippen LogP contribution in [0.2, 0.25) is 0 Å². The van der Waals surface area contributed by atoms with E-state index in [4.69, 9.17) is 0 Å². The van der Waals surface area contributed by atoms with Crippen molar-refractivity contribution < 1.29 is 26.3 Å². The summed E-state index contributed by atoms with van der Waals surface area (Å²) in [6.07, 6.45) is 20.7. The molecule has 1 aromatic carbocycles. The third-order valence-corrected chi connectivity index (χ3v) is 5.02. The van der Waals surface area contributed by atoms with Gasteiger partial charge < -0.3 is 0 Å². The molecule has 0 atom stereocenters. The molecule has 1 amide bonds. The van der Waals surface area contributed by atoms with Crippen molar-refractivity contribution in [2.45, 2.75) is 0 Å². The maximum absolute atomic E-state index is 13.0. The van der Waals surface area contributed by atoms with Crippen LogP contribution in [0.1, 0.15) is 16.1 Å². The standard InChI is InChI=1S/C17H11FN5OS.C5H5.Fe/c18-13-7-5-12(6-8-13)15(24)22-17-21-14(11-3-1-2-4-11)16(25-17)23-10-19-9-20-23;1-2-4-5-3-1;/h1-10H,(H,21,22,24);1-5H;/q;;+2. The van der Waals surface area contributed by atoms with Gasteiger partial charge in [-0.2, -0.15) is 5.10 Å². The van der Waals surface area contributed by atoms with Crippen molar-refractivity contribution in [3.05, 3.63) is 118 Å². The Kier molecular flexibility index (Phi) is 8.75. The first-order valence-electron chi connectivity index (χ1n) is 9.02. The predicted molar refractivity (Wildman–Crippen MR) is 112 cm³/mol. The molecule has 10 radical (unpaired) electrons. The van der Waals surface area contributed by atoms with E-state index in [1.165, 1.54) is 41.9 Å². The van der Waals surface area contributed by atoms with Crippen molar-refractivity contribution in [2.24, 2.45) is 0 Å². The van der Waals surface area contributed by atoms with Crippen LogP contribution in [-0.2, 0) is 17.1 Å². The summed E-state index contributed by atoms with van der Waals surface area (Å²) in [5.41, 5.74) is 1.06. The average molecular weight is 473 g/mol. The van der Waals surface area contributed by atoms with E-state index in [9.17, 15) is 9.18 Å². The molecule has 2 fully saturated rings. The molecule has 2 heterocycles. The summed E-state index contributed by atoms with van der Waals surface area (Å²) in [4.78, 5) is 20.8. The van der Waals surface area contributed by atoms with Crippen LogP contribution >= 0.6 is 11.3 Å². The van der Waals surface area contributed by atoms with Crippen LogP contribution in [0.3, 0.4) is 0 Å². The second-order valence-electron chi connectivity index (χ2n) is 6.11. The fraction of sp³-hybridized carbons (Fsp3) is 0. The van der Waals surface area contributed by atoms with Gasteiger partial charge in [-0.3, -0.25) is 10.1 Å². The smallest absolute Gasteiger partial charge is 0.298 e. The third-order valence-electron chi connectivity index (χ3n) is 4.05. The van der Waals surface area contributed by atoms with E-state index < -0.39 is 5.82 Å². The summed E-state index contributed by atoms with van der Waals surface area (Å²) in [5, 5.41) is 8.06. The van der Waals surface area contributed by atoms with E-state index in [0.29, 0.717) is 16.4 Å². The second kappa shape index (κ2) is 11.5. The number of nitrogens with zero attached hydrogens (tertiary/aromatic N) is 4. The van der Waals surface area contributed by atoms with Crippen molar-refractivity contribution in [2.75, 3.05) is 5.32 Å². The Labute approximate surface area is 196 Å². The predicted octanol–water partition coefficient (Wildman–Crippen LogP) is 3.89. The number of rotatable bonds is 4. The number of nitrogens with one attached hydrogen (secondary N) is 1. The number of aromatic nitrogens is 4. The van der Waals surface area contributed by atoms with Crippen LogP contribution in [0, 0.1) is 69.5 Å². The van der Waals surface area contributed by atoms with Gasteiger partial charge in [0, 0.05) is 11.5 Å². The molecule has 2 aliphatic carbocycles. The number of amides is 1. The number of hydrogen-bond acceptors (Lipinski definition) is 5. The number of anilines is 1. The molecular formula is C22H16FFeN5OS+2. The van der Waals surface area contributed by atoms with Crippen molar-refractivity contribution in [1.82, 2.24) is 19.7 Å². The molecule has 2 aliphatic rings.